The van der Waals surface area contributed by atoms with Crippen LogP contribution in [0.4, 0.5) is 0 Å². The summed E-state index contributed by atoms with van der Waals surface area (Å²) in [4.78, 5) is 0. The molecule has 0 saturated carbocycles. The van der Waals surface area contributed by atoms with Crippen LogP contribution in [0.25, 0.3) is 65.7 Å². The maximum Gasteiger partial charge on any atom is 0.0619 e. The fourth-order valence-electron chi connectivity index (χ4n) is 5.88. The van der Waals surface area contributed by atoms with Crippen LogP contribution in [-0.4, -0.2) is 4.57 Å². The number of hydrogen-bond donors (Lipinski definition) is 0. The number of nitrogens with zero attached hydrogens (tertiary/aromatic N) is 1. The first-order chi connectivity index (χ1) is 18.8. The van der Waals surface area contributed by atoms with Gasteiger partial charge in [0.1, 0.15) is 0 Å². The Kier molecular flexibility index (Phi) is 5.23. The molecule has 0 bridgehead atoms. The highest BCUT2D eigenvalue weighted by Gasteiger charge is 2.16. The second-order valence-electron chi connectivity index (χ2n) is 9.77. The van der Waals surface area contributed by atoms with E-state index >= 15 is 0 Å². The molecule has 180 valence electrons. The molecule has 0 N–H and O–H groups in total. The van der Waals surface area contributed by atoms with Crippen molar-refractivity contribution in [1.82, 2.24) is 4.57 Å². The van der Waals surface area contributed by atoms with Crippen molar-refractivity contribution in [3.63, 3.8) is 0 Å². The molecule has 7 rings (SSSR count). The van der Waals surface area contributed by atoms with E-state index < -0.39 is 0 Å². The number of para-hydroxylation sites is 1. The van der Waals surface area contributed by atoms with E-state index in [0.29, 0.717) is 0 Å². The summed E-state index contributed by atoms with van der Waals surface area (Å²) in [6.07, 6.45) is 4.00. The van der Waals surface area contributed by atoms with E-state index in [1.165, 1.54) is 65.7 Å². The summed E-state index contributed by atoms with van der Waals surface area (Å²) in [6, 6.07) is 44.2. The van der Waals surface area contributed by atoms with Crippen LogP contribution in [0.3, 0.4) is 0 Å². The maximum absolute atomic E-state index is 3.94. The molecule has 0 atom stereocenters. The van der Waals surface area contributed by atoms with Gasteiger partial charge in [-0.3, -0.25) is 0 Å². The van der Waals surface area contributed by atoms with Gasteiger partial charge in [0.25, 0.3) is 0 Å². The van der Waals surface area contributed by atoms with Crippen molar-refractivity contribution in [2.45, 2.75) is 6.92 Å². The molecule has 0 fully saturated rings. The topological polar surface area (TPSA) is 4.93 Å². The second kappa shape index (κ2) is 8.90. The summed E-state index contributed by atoms with van der Waals surface area (Å²) >= 11 is 0. The van der Waals surface area contributed by atoms with Crippen LogP contribution in [0.15, 0.2) is 140 Å². The minimum atomic E-state index is 1.15. The van der Waals surface area contributed by atoms with Gasteiger partial charge in [-0.05, 0) is 58.2 Å². The van der Waals surface area contributed by atoms with Gasteiger partial charge in [0.15, 0.2) is 0 Å². The van der Waals surface area contributed by atoms with Gasteiger partial charge in [0.2, 0.25) is 0 Å². The van der Waals surface area contributed by atoms with Crippen LogP contribution in [0.5, 0.6) is 0 Å². The third kappa shape index (κ3) is 3.40. The molecule has 0 aliphatic heterocycles. The van der Waals surface area contributed by atoms with Crippen LogP contribution in [0.2, 0.25) is 0 Å². The van der Waals surface area contributed by atoms with Gasteiger partial charge < -0.3 is 4.57 Å². The highest BCUT2D eigenvalue weighted by Crippen LogP contribution is 2.39. The predicted octanol–water partition coefficient (Wildman–Crippen LogP) is 10.3. The summed E-state index contributed by atoms with van der Waals surface area (Å²) in [5, 5.41) is 7.56. The van der Waals surface area contributed by atoms with Gasteiger partial charge in [0, 0.05) is 21.5 Å². The van der Waals surface area contributed by atoms with E-state index in [9.17, 15) is 0 Å². The Morgan fingerprint density at radius 3 is 2.13 bits per heavy atom. The number of allylic oxidation sites excluding steroid dienone is 3. The first-order valence-corrected chi connectivity index (χ1v) is 13.1. The van der Waals surface area contributed by atoms with E-state index in [4.69, 9.17) is 0 Å². The van der Waals surface area contributed by atoms with E-state index in [-0.39, 0.29) is 0 Å². The van der Waals surface area contributed by atoms with Crippen molar-refractivity contribution in [1.29, 1.82) is 0 Å². The van der Waals surface area contributed by atoms with E-state index in [1.807, 2.05) is 13.0 Å². The normalized spacial score (nSPS) is 12.1. The van der Waals surface area contributed by atoms with E-state index in [1.54, 1.807) is 0 Å². The Morgan fingerprint density at radius 2 is 1.32 bits per heavy atom. The Labute approximate surface area is 222 Å². The van der Waals surface area contributed by atoms with Crippen molar-refractivity contribution < 1.29 is 0 Å². The monoisotopic (exact) mass is 485 g/mol. The average molecular weight is 486 g/mol. The zero-order valence-corrected chi connectivity index (χ0v) is 21.4. The summed E-state index contributed by atoms with van der Waals surface area (Å²) < 4.78 is 2.46. The van der Waals surface area contributed by atoms with Gasteiger partial charge in [-0.25, -0.2) is 0 Å². The molecule has 0 aliphatic carbocycles. The van der Waals surface area contributed by atoms with Crippen LogP contribution in [0.1, 0.15) is 12.5 Å². The molecular formula is C37H27N. The standard InChI is InChI=1S/C37H27N/c1-3-25(4-2)26-16-18-27(19-17-26)29-20-22-32-30(24-29)21-23-34-33-13-7-8-14-36(33)38(37(32)34)35-15-9-11-28-10-5-6-12-31(28)35/h3-24H,1H2,2H3/b25-4+. The zero-order valence-electron chi connectivity index (χ0n) is 21.4. The number of hydrogen-bond acceptors (Lipinski definition) is 0. The van der Waals surface area contributed by atoms with Crippen molar-refractivity contribution in [2.24, 2.45) is 0 Å². The molecule has 38 heavy (non-hydrogen) atoms. The molecule has 7 aromatic rings. The summed E-state index contributed by atoms with van der Waals surface area (Å²) in [5.74, 6) is 0. The van der Waals surface area contributed by atoms with Gasteiger partial charge in [-0.15, -0.1) is 0 Å². The fraction of sp³-hybridized carbons (Fsp3) is 0.0270. The lowest BCUT2D eigenvalue weighted by atomic mass is 9.97. The number of benzene rings is 6. The zero-order chi connectivity index (χ0) is 25.6. The van der Waals surface area contributed by atoms with E-state index in [2.05, 4.69) is 139 Å². The SMILES string of the molecule is C=C/C(=C\C)c1ccc(-c2ccc3c(ccc4c5ccccc5n(-c5cccc6ccccc56)c34)c2)cc1. The third-order valence-electron chi connectivity index (χ3n) is 7.74. The molecule has 0 saturated heterocycles. The summed E-state index contributed by atoms with van der Waals surface area (Å²) in [5.41, 5.74) is 8.47. The van der Waals surface area contributed by atoms with Crippen molar-refractivity contribution >= 4 is 48.9 Å². The van der Waals surface area contributed by atoms with Gasteiger partial charge in [-0.1, -0.05) is 122 Å². The predicted molar refractivity (Wildman–Crippen MR) is 165 cm³/mol. The molecule has 1 aromatic heterocycles. The first kappa shape index (κ1) is 22.3. The molecule has 0 aliphatic rings. The lowest BCUT2D eigenvalue weighted by molar-refractivity contribution is 1.20. The van der Waals surface area contributed by atoms with Crippen LogP contribution < -0.4 is 0 Å². The third-order valence-corrected chi connectivity index (χ3v) is 7.74. The minimum absolute atomic E-state index is 1.15. The number of rotatable bonds is 4. The molecule has 1 heteroatoms. The number of aromatic nitrogens is 1. The molecule has 0 spiro atoms. The van der Waals surface area contributed by atoms with Crippen molar-refractivity contribution in [3.05, 3.63) is 146 Å². The Bertz CT molecular complexity index is 2030. The first-order valence-electron chi connectivity index (χ1n) is 13.1. The molecular weight excluding hydrogens is 458 g/mol. The molecule has 0 unspecified atom stereocenters. The van der Waals surface area contributed by atoms with Gasteiger partial charge in [0.05, 0.1) is 16.7 Å². The second-order valence-corrected chi connectivity index (χ2v) is 9.77. The lowest BCUT2D eigenvalue weighted by Gasteiger charge is -2.13. The highest BCUT2D eigenvalue weighted by molar-refractivity contribution is 6.19. The summed E-state index contributed by atoms with van der Waals surface area (Å²) in [7, 11) is 0. The molecule has 0 radical (unpaired) electrons. The molecule has 6 aromatic carbocycles. The minimum Gasteiger partial charge on any atom is -0.308 e. The van der Waals surface area contributed by atoms with Crippen LogP contribution in [-0.2, 0) is 0 Å². The molecule has 1 heterocycles. The van der Waals surface area contributed by atoms with Crippen LogP contribution in [0, 0.1) is 0 Å². The summed E-state index contributed by atoms with van der Waals surface area (Å²) in [6.45, 7) is 5.99. The lowest BCUT2D eigenvalue weighted by Crippen LogP contribution is -1.96. The number of fused-ring (bicyclic) bond motifs is 6. The Balaban J connectivity index is 1.48. The van der Waals surface area contributed by atoms with Crippen LogP contribution >= 0.6 is 0 Å². The van der Waals surface area contributed by atoms with Crippen molar-refractivity contribution in [2.75, 3.05) is 0 Å². The Hall–Kier alpha value is -4.88. The van der Waals surface area contributed by atoms with Gasteiger partial charge in [-0.2, -0.15) is 0 Å². The smallest absolute Gasteiger partial charge is 0.0619 e. The van der Waals surface area contributed by atoms with Gasteiger partial charge >= 0.3 is 0 Å². The Morgan fingerprint density at radius 1 is 0.605 bits per heavy atom. The maximum atomic E-state index is 3.94. The largest absolute Gasteiger partial charge is 0.308 e. The quantitative estimate of drug-likeness (QED) is 0.219. The fourth-order valence-corrected chi connectivity index (χ4v) is 5.88. The molecule has 0 amide bonds. The molecule has 1 nitrogen and oxygen atoms in total. The van der Waals surface area contributed by atoms with Crippen molar-refractivity contribution in [3.8, 4) is 16.8 Å². The average Bonchev–Trinajstić information content (AvgIpc) is 3.32. The van der Waals surface area contributed by atoms with E-state index in [0.717, 1.165) is 5.57 Å². The highest BCUT2D eigenvalue weighted by atomic mass is 15.0.